The number of hydrogen-bond acceptors (Lipinski definition) is 4. The summed E-state index contributed by atoms with van der Waals surface area (Å²) in [6, 6.07) is 2.32. The Labute approximate surface area is 165 Å². The number of fused-ring (bicyclic) bond motifs is 1. The maximum Gasteiger partial charge on any atom is 0.341 e. The van der Waals surface area contributed by atoms with Gasteiger partial charge in [0.05, 0.1) is 16.7 Å². The quantitative estimate of drug-likeness (QED) is 0.778. The van der Waals surface area contributed by atoms with E-state index in [0.29, 0.717) is 26.2 Å². The average Bonchev–Trinajstić information content (AvgIpc) is 2.68. The van der Waals surface area contributed by atoms with Crippen LogP contribution in [0.1, 0.15) is 17.3 Å². The van der Waals surface area contributed by atoms with Gasteiger partial charge in [-0.1, -0.05) is 0 Å². The highest BCUT2D eigenvalue weighted by Crippen LogP contribution is 2.29. The van der Waals surface area contributed by atoms with Gasteiger partial charge in [-0.25, -0.2) is 18.0 Å². The number of carboxylic acids is 1. The van der Waals surface area contributed by atoms with Crippen molar-refractivity contribution in [2.24, 2.45) is 0 Å². The van der Waals surface area contributed by atoms with Gasteiger partial charge in [-0.3, -0.25) is 4.79 Å². The average molecular weight is 420 g/mol. The normalized spacial score (nSPS) is 14.8. The minimum atomic E-state index is -1.71. The van der Waals surface area contributed by atoms with Crippen LogP contribution in [0.15, 0.2) is 23.1 Å². The monoisotopic (exact) mass is 419 g/mol. The molecule has 0 spiro atoms. The predicted molar refractivity (Wildman–Crippen MR) is 103 cm³/mol. The lowest BCUT2D eigenvalue weighted by Crippen LogP contribution is -2.44. The zero-order chi connectivity index (χ0) is 19.8. The van der Waals surface area contributed by atoms with Gasteiger partial charge in [0.1, 0.15) is 24.7 Å². The van der Waals surface area contributed by atoms with Crippen molar-refractivity contribution in [2.75, 3.05) is 44.4 Å². The van der Waals surface area contributed by atoms with Crippen molar-refractivity contribution in [3.8, 4) is 0 Å². The van der Waals surface area contributed by atoms with Gasteiger partial charge in [0.25, 0.3) is 0 Å². The number of pyridine rings is 1. The fraction of sp³-hybridized carbons (Fsp3) is 0.444. The van der Waals surface area contributed by atoms with E-state index in [9.17, 15) is 27.9 Å². The van der Waals surface area contributed by atoms with Crippen LogP contribution >= 0.6 is 12.4 Å². The van der Waals surface area contributed by atoms with Crippen LogP contribution in [-0.2, 0) is 5.54 Å². The summed E-state index contributed by atoms with van der Waals surface area (Å²) in [5.74, 6) is -2.22. The molecule has 0 aliphatic carbocycles. The fourth-order valence-corrected chi connectivity index (χ4v) is 3.25. The Morgan fingerprint density at radius 1 is 1.25 bits per heavy atom. The van der Waals surface area contributed by atoms with E-state index in [-0.39, 0.29) is 29.0 Å². The molecule has 6 nitrogen and oxygen atoms in total. The third-order valence-electron chi connectivity index (χ3n) is 4.92. The largest absolute Gasteiger partial charge is 0.477 e. The number of halogens is 4. The van der Waals surface area contributed by atoms with E-state index < -0.39 is 41.7 Å². The van der Waals surface area contributed by atoms with E-state index in [1.165, 1.54) is 13.0 Å². The lowest BCUT2D eigenvalue weighted by molar-refractivity contribution is 0.0693. The summed E-state index contributed by atoms with van der Waals surface area (Å²) in [6.07, 6.45) is 0.936. The molecule has 0 saturated carbocycles. The lowest BCUT2D eigenvalue weighted by atomic mass is 10.0. The van der Waals surface area contributed by atoms with Gasteiger partial charge in [-0.05, 0) is 19.1 Å². The molecule has 1 aliphatic rings. The van der Waals surface area contributed by atoms with E-state index in [0.717, 1.165) is 16.8 Å². The molecule has 1 aliphatic heterocycles. The molecule has 1 saturated heterocycles. The number of anilines is 1. The van der Waals surface area contributed by atoms with E-state index in [4.69, 9.17) is 0 Å². The van der Waals surface area contributed by atoms with Crippen molar-refractivity contribution in [3.63, 3.8) is 0 Å². The molecule has 28 heavy (non-hydrogen) atoms. The molecule has 1 aromatic heterocycles. The number of benzene rings is 1. The first-order chi connectivity index (χ1) is 12.8. The molecule has 0 amide bonds. The van der Waals surface area contributed by atoms with Crippen LogP contribution in [0.3, 0.4) is 0 Å². The van der Waals surface area contributed by atoms with Crippen LogP contribution in [0, 0.1) is 5.82 Å². The number of nitrogens with one attached hydrogen (secondary N) is 1. The highest BCUT2D eigenvalue weighted by atomic mass is 35.5. The SMILES string of the molecule is CC(CF)(CF)n1cc(C(=O)O)c(=O)c2cc(F)c(N3CCNCC3)cc21.Cl. The second-order valence-corrected chi connectivity index (χ2v) is 6.87. The van der Waals surface area contributed by atoms with Crippen LogP contribution in [0.4, 0.5) is 18.9 Å². The minimum Gasteiger partial charge on any atom is -0.477 e. The molecular formula is C18H21ClF3N3O3. The summed E-state index contributed by atoms with van der Waals surface area (Å²) >= 11 is 0. The highest BCUT2D eigenvalue weighted by molar-refractivity contribution is 5.93. The summed E-state index contributed by atoms with van der Waals surface area (Å²) in [6.45, 7) is 1.38. The number of rotatable bonds is 5. The van der Waals surface area contributed by atoms with Crippen LogP contribution in [0.5, 0.6) is 0 Å². The predicted octanol–water partition coefficient (Wildman–Crippen LogP) is 2.32. The van der Waals surface area contributed by atoms with Crippen molar-refractivity contribution in [1.29, 1.82) is 0 Å². The van der Waals surface area contributed by atoms with Gasteiger partial charge in [-0.2, -0.15) is 0 Å². The first-order valence-corrected chi connectivity index (χ1v) is 8.52. The number of carbonyl (C=O) groups is 1. The van der Waals surface area contributed by atoms with Gasteiger partial charge in [0.15, 0.2) is 0 Å². The van der Waals surface area contributed by atoms with Crippen molar-refractivity contribution in [2.45, 2.75) is 12.5 Å². The number of alkyl halides is 2. The third kappa shape index (κ3) is 3.68. The Morgan fingerprint density at radius 3 is 2.39 bits per heavy atom. The maximum atomic E-state index is 14.7. The molecule has 0 radical (unpaired) electrons. The molecule has 2 heterocycles. The number of carboxylic acid groups (broad SMARTS) is 1. The topological polar surface area (TPSA) is 74.6 Å². The Hall–Kier alpha value is -2.26. The standard InChI is InChI=1S/C18H20F3N3O3.ClH/c1-18(9-19,10-20)24-8-12(17(26)27)16(25)11-6-13(21)15(7-14(11)24)23-4-2-22-3-5-23;/h6-8,22H,2-5,9-10H2,1H3,(H,26,27);1H. The second-order valence-electron chi connectivity index (χ2n) is 6.87. The van der Waals surface area contributed by atoms with Crippen LogP contribution in [-0.4, -0.2) is 55.2 Å². The molecule has 1 fully saturated rings. The van der Waals surface area contributed by atoms with Gasteiger partial charge in [0, 0.05) is 37.8 Å². The van der Waals surface area contributed by atoms with Crippen molar-refractivity contribution < 1.29 is 23.1 Å². The van der Waals surface area contributed by atoms with Gasteiger partial charge < -0.3 is 19.9 Å². The Morgan fingerprint density at radius 2 is 1.86 bits per heavy atom. The summed E-state index contributed by atoms with van der Waals surface area (Å²) in [5, 5.41) is 12.2. The smallest absolute Gasteiger partial charge is 0.341 e. The molecule has 0 atom stereocenters. The van der Waals surface area contributed by atoms with Gasteiger partial charge in [0.2, 0.25) is 5.43 Å². The van der Waals surface area contributed by atoms with Crippen LogP contribution in [0.2, 0.25) is 0 Å². The molecule has 0 bridgehead atoms. The third-order valence-corrected chi connectivity index (χ3v) is 4.92. The molecule has 0 unspecified atom stereocenters. The molecule has 3 rings (SSSR count). The number of hydrogen-bond donors (Lipinski definition) is 2. The minimum absolute atomic E-state index is 0. The Kier molecular flexibility index (Phi) is 6.61. The molecule has 10 heteroatoms. The van der Waals surface area contributed by atoms with E-state index >= 15 is 0 Å². The summed E-state index contributed by atoms with van der Waals surface area (Å²) < 4.78 is 43.1. The molecule has 2 N–H and O–H groups in total. The Bertz CT molecular complexity index is 941. The lowest BCUT2D eigenvalue weighted by Gasteiger charge is -2.32. The first kappa shape index (κ1) is 22.0. The zero-order valence-corrected chi connectivity index (χ0v) is 16.0. The molecule has 154 valence electrons. The second kappa shape index (κ2) is 8.40. The summed E-state index contributed by atoms with van der Waals surface area (Å²) in [5.41, 5.74) is -2.96. The zero-order valence-electron chi connectivity index (χ0n) is 15.2. The van der Waals surface area contributed by atoms with Crippen LogP contribution < -0.4 is 15.6 Å². The van der Waals surface area contributed by atoms with Gasteiger partial charge in [-0.15, -0.1) is 12.4 Å². The Balaban J connectivity index is 0.00000280. The van der Waals surface area contributed by atoms with E-state index in [1.54, 1.807) is 4.90 Å². The van der Waals surface area contributed by atoms with E-state index in [1.807, 2.05) is 0 Å². The fourth-order valence-electron chi connectivity index (χ4n) is 3.25. The summed E-state index contributed by atoms with van der Waals surface area (Å²) in [7, 11) is 0. The molecule has 1 aromatic carbocycles. The van der Waals surface area contributed by atoms with Crippen LogP contribution in [0.25, 0.3) is 10.9 Å². The summed E-state index contributed by atoms with van der Waals surface area (Å²) in [4.78, 5) is 25.7. The highest BCUT2D eigenvalue weighted by Gasteiger charge is 2.30. The molecular weight excluding hydrogens is 399 g/mol. The van der Waals surface area contributed by atoms with Crippen molar-refractivity contribution >= 4 is 35.0 Å². The molecule has 2 aromatic rings. The first-order valence-electron chi connectivity index (χ1n) is 8.52. The van der Waals surface area contributed by atoms with Crippen molar-refractivity contribution in [3.05, 3.63) is 39.9 Å². The number of nitrogens with zero attached hydrogens (tertiary/aromatic N) is 2. The van der Waals surface area contributed by atoms with Gasteiger partial charge >= 0.3 is 5.97 Å². The number of aromatic nitrogens is 1. The van der Waals surface area contributed by atoms with E-state index in [2.05, 4.69) is 5.32 Å². The maximum absolute atomic E-state index is 14.7. The van der Waals surface area contributed by atoms with Crippen molar-refractivity contribution in [1.82, 2.24) is 9.88 Å². The number of aromatic carboxylic acids is 1. The number of piperazine rings is 1.